The summed E-state index contributed by atoms with van der Waals surface area (Å²) in [5.74, 6) is 0.894. The van der Waals surface area contributed by atoms with E-state index in [1.807, 2.05) is 54.6 Å². The Morgan fingerprint density at radius 3 is 2.35 bits per heavy atom. The van der Waals surface area contributed by atoms with E-state index in [-0.39, 0.29) is 5.78 Å². The van der Waals surface area contributed by atoms with Gasteiger partial charge in [0.15, 0.2) is 5.78 Å². The first-order valence-corrected chi connectivity index (χ1v) is 6.87. The van der Waals surface area contributed by atoms with Gasteiger partial charge in [-0.15, -0.1) is 0 Å². The van der Waals surface area contributed by atoms with Gasteiger partial charge in [0.2, 0.25) is 0 Å². The smallest absolute Gasteiger partial charge is 0.185 e. The van der Waals surface area contributed by atoms with Gasteiger partial charge in [-0.25, -0.2) is 0 Å². The van der Waals surface area contributed by atoms with E-state index in [1.54, 1.807) is 6.26 Å². The van der Waals surface area contributed by atoms with Crippen LogP contribution in [0.1, 0.15) is 30.6 Å². The zero-order valence-corrected chi connectivity index (χ0v) is 11.2. The van der Waals surface area contributed by atoms with Crippen LogP contribution in [0, 0.1) is 0 Å². The molecule has 1 fully saturated rings. The number of carbonyl (C=O) groups is 1. The van der Waals surface area contributed by atoms with Gasteiger partial charge in [-0.1, -0.05) is 30.3 Å². The van der Waals surface area contributed by atoms with Gasteiger partial charge in [-0.05, 0) is 49.1 Å². The zero-order valence-electron chi connectivity index (χ0n) is 11.2. The fraction of sp³-hybridized carbons (Fsp3) is 0.167. The van der Waals surface area contributed by atoms with Gasteiger partial charge in [-0.2, -0.15) is 0 Å². The molecular weight excluding hydrogens is 248 g/mol. The summed E-state index contributed by atoms with van der Waals surface area (Å²) in [5, 5.41) is 0. The summed E-state index contributed by atoms with van der Waals surface area (Å²) in [5.41, 5.74) is 2.81. The molecule has 1 aliphatic carbocycles. The van der Waals surface area contributed by atoms with Gasteiger partial charge in [0.05, 0.1) is 6.26 Å². The molecule has 1 aliphatic rings. The van der Waals surface area contributed by atoms with E-state index in [4.69, 9.17) is 4.42 Å². The van der Waals surface area contributed by atoms with Crippen LogP contribution in [-0.4, -0.2) is 5.78 Å². The summed E-state index contributed by atoms with van der Waals surface area (Å²) in [7, 11) is 0. The van der Waals surface area contributed by atoms with Crippen LogP contribution < -0.4 is 0 Å². The van der Waals surface area contributed by atoms with Gasteiger partial charge in [0.25, 0.3) is 0 Å². The summed E-state index contributed by atoms with van der Waals surface area (Å²) >= 11 is 0. The van der Waals surface area contributed by atoms with Crippen molar-refractivity contribution in [2.24, 2.45) is 0 Å². The van der Waals surface area contributed by atoms with Gasteiger partial charge < -0.3 is 4.42 Å². The zero-order chi connectivity index (χ0) is 13.8. The molecule has 100 valence electrons. The van der Waals surface area contributed by atoms with Crippen LogP contribution >= 0.6 is 0 Å². The number of rotatable bonds is 2. The second-order valence-corrected chi connectivity index (χ2v) is 4.95. The van der Waals surface area contributed by atoms with Gasteiger partial charge in [-0.3, -0.25) is 4.79 Å². The van der Waals surface area contributed by atoms with Crippen LogP contribution in [0.25, 0.3) is 12.2 Å². The molecule has 2 nitrogen and oxygen atoms in total. The predicted octanol–water partition coefficient (Wildman–Crippen LogP) is 4.50. The first kappa shape index (κ1) is 12.7. The lowest BCUT2D eigenvalue weighted by Crippen LogP contribution is -2.12. The maximum atomic E-state index is 12.5. The summed E-state index contributed by atoms with van der Waals surface area (Å²) in [6.07, 6.45) is 8.17. The van der Waals surface area contributed by atoms with Crippen molar-refractivity contribution in [1.29, 1.82) is 0 Å². The van der Waals surface area contributed by atoms with Crippen molar-refractivity contribution < 1.29 is 9.21 Å². The van der Waals surface area contributed by atoms with Crippen LogP contribution in [0.4, 0.5) is 0 Å². The van der Waals surface area contributed by atoms with Crippen LogP contribution in [0.5, 0.6) is 0 Å². The summed E-state index contributed by atoms with van der Waals surface area (Å²) < 4.78 is 5.29. The molecule has 0 spiro atoms. The Balaban J connectivity index is 1.88. The predicted molar refractivity (Wildman–Crippen MR) is 80.0 cm³/mol. The van der Waals surface area contributed by atoms with Crippen molar-refractivity contribution in [2.75, 3.05) is 0 Å². The maximum Gasteiger partial charge on any atom is 0.185 e. The highest BCUT2D eigenvalue weighted by atomic mass is 16.3. The second-order valence-electron chi connectivity index (χ2n) is 4.95. The maximum absolute atomic E-state index is 12.5. The van der Waals surface area contributed by atoms with E-state index < -0.39 is 0 Å². The normalized spacial score (nSPS) is 19.7. The number of benzene rings is 1. The molecule has 0 radical (unpaired) electrons. The minimum atomic E-state index is 0.150. The van der Waals surface area contributed by atoms with E-state index in [2.05, 4.69) is 0 Å². The van der Waals surface area contributed by atoms with Crippen molar-refractivity contribution >= 4 is 17.9 Å². The Hall–Kier alpha value is -2.35. The summed E-state index contributed by atoms with van der Waals surface area (Å²) in [6, 6.07) is 13.7. The molecule has 0 unspecified atom stereocenters. The number of ketones is 1. The molecule has 3 rings (SSSR count). The molecule has 0 atom stereocenters. The molecule has 0 saturated heterocycles. The minimum Gasteiger partial charge on any atom is -0.465 e. The van der Waals surface area contributed by atoms with E-state index in [0.29, 0.717) is 0 Å². The van der Waals surface area contributed by atoms with Crippen molar-refractivity contribution in [3.05, 3.63) is 71.2 Å². The number of hydrogen-bond acceptors (Lipinski definition) is 2. The number of Topliss-reactive ketones (excluding diaryl/α,β-unsaturated/α-hetero) is 1. The van der Waals surface area contributed by atoms with Gasteiger partial charge in [0, 0.05) is 11.1 Å². The van der Waals surface area contributed by atoms with E-state index in [0.717, 1.165) is 41.7 Å². The SMILES string of the molecule is O=C1/C(=C\c2ccccc2)CCC/C1=C/c1ccco1. The third-order valence-electron chi connectivity index (χ3n) is 3.48. The largest absolute Gasteiger partial charge is 0.465 e. The molecule has 2 aromatic rings. The van der Waals surface area contributed by atoms with Crippen molar-refractivity contribution in [1.82, 2.24) is 0 Å². The van der Waals surface area contributed by atoms with Gasteiger partial charge >= 0.3 is 0 Å². The molecule has 0 aliphatic heterocycles. The van der Waals surface area contributed by atoms with E-state index in [9.17, 15) is 4.79 Å². The Morgan fingerprint density at radius 2 is 1.65 bits per heavy atom. The van der Waals surface area contributed by atoms with Crippen LogP contribution in [0.3, 0.4) is 0 Å². The third-order valence-corrected chi connectivity index (χ3v) is 3.48. The molecule has 20 heavy (non-hydrogen) atoms. The lowest BCUT2D eigenvalue weighted by molar-refractivity contribution is -0.112. The average Bonchev–Trinajstić information content (AvgIpc) is 2.97. The number of furan rings is 1. The monoisotopic (exact) mass is 264 g/mol. The van der Waals surface area contributed by atoms with Gasteiger partial charge in [0.1, 0.15) is 5.76 Å². The van der Waals surface area contributed by atoms with Crippen molar-refractivity contribution in [3.63, 3.8) is 0 Å². The first-order chi connectivity index (χ1) is 9.83. The van der Waals surface area contributed by atoms with E-state index in [1.165, 1.54) is 0 Å². The Morgan fingerprint density at radius 1 is 0.900 bits per heavy atom. The molecule has 0 amide bonds. The Kier molecular flexibility index (Phi) is 3.64. The number of allylic oxidation sites excluding steroid dienone is 2. The highest BCUT2D eigenvalue weighted by Crippen LogP contribution is 2.28. The Bertz CT molecular complexity index is 646. The van der Waals surface area contributed by atoms with Crippen molar-refractivity contribution in [3.8, 4) is 0 Å². The first-order valence-electron chi connectivity index (χ1n) is 6.87. The molecule has 0 bridgehead atoms. The minimum absolute atomic E-state index is 0.150. The standard InChI is InChI=1S/C18H16O2/c19-18-15(12-14-6-2-1-3-7-14)8-4-9-16(18)13-17-10-5-11-20-17/h1-3,5-7,10-13H,4,8-9H2/b15-12-,16-13-. The van der Waals surface area contributed by atoms with Crippen LogP contribution in [0.2, 0.25) is 0 Å². The molecule has 1 heterocycles. The topological polar surface area (TPSA) is 30.2 Å². The fourth-order valence-corrected chi connectivity index (χ4v) is 2.47. The molecule has 1 aromatic heterocycles. The highest BCUT2D eigenvalue weighted by molar-refractivity contribution is 6.13. The summed E-state index contributed by atoms with van der Waals surface area (Å²) in [4.78, 5) is 12.5. The van der Waals surface area contributed by atoms with Crippen LogP contribution in [-0.2, 0) is 4.79 Å². The Labute approximate surface area is 118 Å². The number of hydrogen-bond donors (Lipinski definition) is 0. The molecule has 0 N–H and O–H groups in total. The molecule has 1 saturated carbocycles. The highest BCUT2D eigenvalue weighted by Gasteiger charge is 2.20. The number of carbonyl (C=O) groups excluding carboxylic acids is 1. The van der Waals surface area contributed by atoms with Crippen LogP contribution in [0.15, 0.2) is 64.3 Å². The van der Waals surface area contributed by atoms with E-state index >= 15 is 0 Å². The fourth-order valence-electron chi connectivity index (χ4n) is 2.47. The van der Waals surface area contributed by atoms with Crippen molar-refractivity contribution in [2.45, 2.75) is 19.3 Å². The molecular formula is C18H16O2. The quantitative estimate of drug-likeness (QED) is 0.747. The second kappa shape index (κ2) is 5.74. The lowest BCUT2D eigenvalue weighted by atomic mass is 9.87. The lowest BCUT2D eigenvalue weighted by Gasteiger charge is -2.16. The molecule has 2 heteroatoms. The molecule has 1 aromatic carbocycles. The average molecular weight is 264 g/mol. The summed E-state index contributed by atoms with van der Waals surface area (Å²) in [6.45, 7) is 0. The third kappa shape index (κ3) is 2.80.